The molecule has 0 spiro atoms. The molecule has 1 aromatic carbocycles. The van der Waals surface area contributed by atoms with Crippen LogP contribution in [0.25, 0.3) is 6.08 Å². The largest absolute Gasteiger partial charge is 0.465 e. The molecule has 3 nitrogen and oxygen atoms in total. The summed E-state index contributed by atoms with van der Waals surface area (Å²) in [6.45, 7) is 4.68. The Labute approximate surface area is 94.4 Å². The fourth-order valence-electron chi connectivity index (χ4n) is 1.77. The summed E-state index contributed by atoms with van der Waals surface area (Å²) in [5, 5.41) is 8.85. The van der Waals surface area contributed by atoms with Crippen molar-refractivity contribution in [1.82, 2.24) is 4.90 Å². The van der Waals surface area contributed by atoms with Crippen LogP contribution >= 0.6 is 12.4 Å². The van der Waals surface area contributed by atoms with E-state index in [2.05, 4.69) is 6.58 Å². The highest BCUT2D eigenvalue weighted by molar-refractivity contribution is 5.85. The van der Waals surface area contributed by atoms with E-state index < -0.39 is 6.09 Å². The van der Waals surface area contributed by atoms with E-state index in [0.29, 0.717) is 13.1 Å². The van der Waals surface area contributed by atoms with E-state index in [1.807, 2.05) is 18.2 Å². The molecule has 80 valence electrons. The topological polar surface area (TPSA) is 40.5 Å². The van der Waals surface area contributed by atoms with Gasteiger partial charge in [0.1, 0.15) is 0 Å². The van der Waals surface area contributed by atoms with Crippen LogP contribution in [0.4, 0.5) is 4.79 Å². The minimum Gasteiger partial charge on any atom is -0.465 e. The highest BCUT2D eigenvalue weighted by Gasteiger charge is 2.23. The first-order valence-electron chi connectivity index (χ1n) is 4.43. The molecule has 0 bridgehead atoms. The van der Waals surface area contributed by atoms with Gasteiger partial charge in [-0.3, -0.25) is 4.90 Å². The van der Waals surface area contributed by atoms with E-state index in [1.165, 1.54) is 4.90 Å². The molecule has 1 aromatic rings. The summed E-state index contributed by atoms with van der Waals surface area (Å²) in [6, 6.07) is 5.85. The fraction of sp³-hybridized carbons (Fsp3) is 0.182. The molecule has 0 fully saturated rings. The first kappa shape index (κ1) is 11.6. The van der Waals surface area contributed by atoms with Gasteiger partial charge in [0.15, 0.2) is 0 Å². The first-order valence-corrected chi connectivity index (χ1v) is 4.43. The Morgan fingerprint density at radius 2 is 2.20 bits per heavy atom. The highest BCUT2D eigenvalue weighted by atomic mass is 35.5. The molecule has 0 saturated carbocycles. The van der Waals surface area contributed by atoms with Crippen LogP contribution in [0.2, 0.25) is 0 Å². The number of carbonyl (C=O) groups is 1. The number of nitrogens with zero attached hydrogens (tertiary/aromatic N) is 1. The Hall–Kier alpha value is -1.48. The van der Waals surface area contributed by atoms with Gasteiger partial charge in [0.05, 0.1) is 6.54 Å². The molecule has 0 aromatic heterocycles. The number of rotatable bonds is 1. The van der Waals surface area contributed by atoms with Gasteiger partial charge in [0, 0.05) is 6.54 Å². The molecule has 0 radical (unpaired) electrons. The van der Waals surface area contributed by atoms with Crippen LogP contribution in [0.15, 0.2) is 24.8 Å². The molecular formula is C11H12ClNO2. The Kier molecular flexibility index (Phi) is 3.37. The van der Waals surface area contributed by atoms with Crippen molar-refractivity contribution in [1.29, 1.82) is 0 Å². The van der Waals surface area contributed by atoms with Crippen LogP contribution in [0, 0.1) is 0 Å². The van der Waals surface area contributed by atoms with E-state index in [-0.39, 0.29) is 12.4 Å². The lowest BCUT2D eigenvalue weighted by Gasteiger charge is -2.09. The third-order valence-corrected chi connectivity index (χ3v) is 2.51. The van der Waals surface area contributed by atoms with Crippen molar-refractivity contribution in [3.05, 3.63) is 41.5 Å². The van der Waals surface area contributed by atoms with Crippen LogP contribution in [0.1, 0.15) is 16.7 Å². The second-order valence-electron chi connectivity index (χ2n) is 3.33. The smallest absolute Gasteiger partial charge is 0.407 e. The monoisotopic (exact) mass is 225 g/mol. The van der Waals surface area contributed by atoms with Gasteiger partial charge in [-0.1, -0.05) is 30.9 Å². The molecule has 0 atom stereocenters. The zero-order chi connectivity index (χ0) is 10.1. The molecule has 0 unspecified atom stereocenters. The van der Waals surface area contributed by atoms with Crippen molar-refractivity contribution in [2.24, 2.45) is 0 Å². The van der Waals surface area contributed by atoms with Crippen molar-refractivity contribution >= 4 is 24.6 Å². The number of hydrogen-bond acceptors (Lipinski definition) is 1. The number of fused-ring (bicyclic) bond motifs is 1. The molecular weight excluding hydrogens is 214 g/mol. The molecule has 15 heavy (non-hydrogen) atoms. The van der Waals surface area contributed by atoms with Crippen molar-refractivity contribution in [3.8, 4) is 0 Å². The standard InChI is InChI=1S/C11H11NO2.ClH/c1-2-8-4-3-5-9-6-12(11(13)14)7-10(8)9;/h2-5H,1,6-7H2,(H,13,14);1H. The lowest BCUT2D eigenvalue weighted by Crippen LogP contribution is -2.22. The molecule has 1 aliphatic rings. The maximum absolute atomic E-state index is 10.8. The summed E-state index contributed by atoms with van der Waals surface area (Å²) in [7, 11) is 0. The van der Waals surface area contributed by atoms with Crippen molar-refractivity contribution < 1.29 is 9.90 Å². The lowest BCUT2D eigenvalue weighted by molar-refractivity contribution is 0.145. The van der Waals surface area contributed by atoms with Gasteiger partial charge >= 0.3 is 6.09 Å². The average Bonchev–Trinajstić information content (AvgIpc) is 2.60. The third-order valence-electron chi connectivity index (χ3n) is 2.51. The molecule has 1 heterocycles. The van der Waals surface area contributed by atoms with E-state index in [0.717, 1.165) is 16.7 Å². The van der Waals surface area contributed by atoms with Crippen LogP contribution in [-0.4, -0.2) is 16.1 Å². The number of amides is 1. The van der Waals surface area contributed by atoms with Crippen molar-refractivity contribution in [2.75, 3.05) is 0 Å². The highest BCUT2D eigenvalue weighted by Crippen LogP contribution is 2.26. The van der Waals surface area contributed by atoms with Crippen LogP contribution < -0.4 is 0 Å². The summed E-state index contributed by atoms with van der Waals surface area (Å²) >= 11 is 0. The number of carboxylic acid groups (broad SMARTS) is 1. The van der Waals surface area contributed by atoms with Gasteiger partial charge in [0.25, 0.3) is 0 Å². The first-order chi connectivity index (χ1) is 6.72. The quantitative estimate of drug-likeness (QED) is 0.799. The zero-order valence-corrected chi connectivity index (χ0v) is 8.96. The number of hydrogen-bond donors (Lipinski definition) is 1. The molecule has 1 amide bonds. The second-order valence-corrected chi connectivity index (χ2v) is 3.33. The zero-order valence-electron chi connectivity index (χ0n) is 8.14. The molecule has 0 saturated heterocycles. The van der Waals surface area contributed by atoms with Crippen LogP contribution in [0.3, 0.4) is 0 Å². The molecule has 4 heteroatoms. The Morgan fingerprint density at radius 3 is 2.80 bits per heavy atom. The molecule has 0 aliphatic carbocycles. The van der Waals surface area contributed by atoms with Crippen molar-refractivity contribution in [3.63, 3.8) is 0 Å². The minimum atomic E-state index is -0.865. The SMILES string of the molecule is C=Cc1cccc2c1CN(C(=O)O)C2.Cl. The fourth-order valence-corrected chi connectivity index (χ4v) is 1.77. The lowest BCUT2D eigenvalue weighted by atomic mass is 10.0. The van der Waals surface area contributed by atoms with Gasteiger partial charge in [-0.15, -0.1) is 12.4 Å². The molecule has 1 aliphatic heterocycles. The van der Waals surface area contributed by atoms with Crippen LogP contribution in [-0.2, 0) is 13.1 Å². The predicted molar refractivity (Wildman–Crippen MR) is 61.1 cm³/mol. The summed E-state index contributed by atoms with van der Waals surface area (Å²) < 4.78 is 0. The van der Waals surface area contributed by atoms with E-state index in [9.17, 15) is 4.79 Å². The Morgan fingerprint density at radius 1 is 1.47 bits per heavy atom. The van der Waals surface area contributed by atoms with Gasteiger partial charge in [0.2, 0.25) is 0 Å². The average molecular weight is 226 g/mol. The van der Waals surface area contributed by atoms with Crippen molar-refractivity contribution in [2.45, 2.75) is 13.1 Å². The van der Waals surface area contributed by atoms with Gasteiger partial charge in [-0.25, -0.2) is 4.79 Å². The minimum absolute atomic E-state index is 0. The van der Waals surface area contributed by atoms with E-state index >= 15 is 0 Å². The maximum Gasteiger partial charge on any atom is 0.407 e. The Balaban J connectivity index is 0.00000112. The number of benzene rings is 1. The molecule has 2 rings (SSSR count). The Bertz CT molecular complexity index is 404. The van der Waals surface area contributed by atoms with Crippen LogP contribution in [0.5, 0.6) is 0 Å². The predicted octanol–water partition coefficient (Wildman–Crippen LogP) is 2.75. The summed E-state index contributed by atoms with van der Waals surface area (Å²) in [4.78, 5) is 12.2. The molecule has 1 N–H and O–H groups in total. The normalized spacial score (nSPS) is 12.9. The third kappa shape index (κ3) is 1.97. The van der Waals surface area contributed by atoms with Gasteiger partial charge < -0.3 is 5.11 Å². The summed E-state index contributed by atoms with van der Waals surface area (Å²) in [6.07, 6.45) is 0.903. The summed E-state index contributed by atoms with van der Waals surface area (Å²) in [5.74, 6) is 0. The number of halogens is 1. The van der Waals surface area contributed by atoms with E-state index in [4.69, 9.17) is 5.11 Å². The maximum atomic E-state index is 10.8. The van der Waals surface area contributed by atoms with Gasteiger partial charge in [-0.05, 0) is 16.7 Å². The summed E-state index contributed by atoms with van der Waals surface area (Å²) in [5.41, 5.74) is 3.21. The second kappa shape index (κ2) is 4.36. The van der Waals surface area contributed by atoms with Gasteiger partial charge in [-0.2, -0.15) is 0 Å². The van der Waals surface area contributed by atoms with E-state index in [1.54, 1.807) is 6.08 Å².